The molecule has 3 N–H and O–H groups in total. The summed E-state index contributed by atoms with van der Waals surface area (Å²) >= 11 is 0. The molecule has 0 saturated heterocycles. The van der Waals surface area contributed by atoms with Crippen molar-refractivity contribution in [2.24, 2.45) is 0 Å². The molecule has 8 nitrogen and oxygen atoms in total. The van der Waals surface area contributed by atoms with E-state index < -0.39 is 16.6 Å². The Labute approximate surface area is 151 Å². The number of hydrogen-bond acceptors (Lipinski definition) is 6. The first kappa shape index (κ1) is 19.2. The van der Waals surface area contributed by atoms with Crippen LogP contribution in [-0.4, -0.2) is 21.6 Å². The number of rotatable bonds is 4. The van der Waals surface area contributed by atoms with Crippen LogP contribution in [-0.2, 0) is 11.3 Å². The monoisotopic (exact) mass is 358 g/mol. The number of alkyl carbamates (subject to hydrolysis) is 1. The number of nitrogens with zero attached hydrogens (tertiary/aromatic N) is 2. The molecule has 1 amide bonds. The minimum Gasteiger partial charge on any atom is -0.444 e. The predicted octanol–water partition coefficient (Wildman–Crippen LogP) is 3.57. The van der Waals surface area contributed by atoms with Crippen LogP contribution in [0.2, 0.25) is 0 Å². The van der Waals surface area contributed by atoms with Crippen molar-refractivity contribution in [2.45, 2.75) is 39.8 Å². The zero-order valence-corrected chi connectivity index (χ0v) is 15.2. The van der Waals surface area contributed by atoms with Gasteiger partial charge in [0, 0.05) is 12.7 Å². The predicted molar refractivity (Wildman–Crippen MR) is 98.6 cm³/mol. The van der Waals surface area contributed by atoms with Crippen molar-refractivity contribution in [1.29, 1.82) is 0 Å². The van der Waals surface area contributed by atoms with Crippen LogP contribution in [0.25, 0.3) is 11.1 Å². The molecule has 0 radical (unpaired) electrons. The highest BCUT2D eigenvalue weighted by atomic mass is 16.6. The highest BCUT2D eigenvalue weighted by Gasteiger charge is 2.22. The Hall–Kier alpha value is -3.16. The molecule has 0 aliphatic carbocycles. The molecular formula is C18H22N4O4. The summed E-state index contributed by atoms with van der Waals surface area (Å²) in [6, 6.07) is 6.94. The van der Waals surface area contributed by atoms with Gasteiger partial charge in [-0.05, 0) is 50.5 Å². The third-order valence-corrected chi connectivity index (χ3v) is 3.69. The summed E-state index contributed by atoms with van der Waals surface area (Å²) in [5, 5.41) is 14.1. The molecule has 0 aliphatic heterocycles. The number of hydrogen-bond donors (Lipinski definition) is 2. The fourth-order valence-corrected chi connectivity index (χ4v) is 2.53. The van der Waals surface area contributed by atoms with Crippen molar-refractivity contribution >= 4 is 17.6 Å². The molecule has 1 aromatic heterocycles. The maximum absolute atomic E-state index is 11.8. The number of anilines is 1. The minimum atomic E-state index is -0.587. The highest BCUT2D eigenvalue weighted by molar-refractivity contribution is 5.81. The van der Waals surface area contributed by atoms with Gasteiger partial charge in [0.1, 0.15) is 5.60 Å². The third kappa shape index (κ3) is 4.47. The second-order valence-electron chi connectivity index (χ2n) is 6.79. The molecule has 0 spiro atoms. The van der Waals surface area contributed by atoms with Gasteiger partial charge in [-0.1, -0.05) is 18.2 Å². The lowest BCUT2D eigenvalue weighted by molar-refractivity contribution is -0.383. The van der Waals surface area contributed by atoms with Gasteiger partial charge in [-0.2, -0.15) is 0 Å². The summed E-state index contributed by atoms with van der Waals surface area (Å²) in [4.78, 5) is 26.5. The summed E-state index contributed by atoms with van der Waals surface area (Å²) in [7, 11) is 0. The largest absolute Gasteiger partial charge is 0.444 e. The zero-order valence-electron chi connectivity index (χ0n) is 15.2. The van der Waals surface area contributed by atoms with Gasteiger partial charge in [0.05, 0.1) is 10.5 Å². The van der Waals surface area contributed by atoms with E-state index in [2.05, 4.69) is 10.3 Å². The van der Waals surface area contributed by atoms with E-state index >= 15 is 0 Å². The van der Waals surface area contributed by atoms with Gasteiger partial charge in [0.25, 0.3) is 0 Å². The highest BCUT2D eigenvalue weighted by Crippen LogP contribution is 2.35. The van der Waals surface area contributed by atoms with E-state index in [4.69, 9.17) is 10.5 Å². The SMILES string of the molecule is Cc1c(CNC(=O)OC(C)(C)C)cccc1-c1ccnc(N)c1[N+](=O)[O-]. The van der Waals surface area contributed by atoms with Crippen molar-refractivity contribution in [1.82, 2.24) is 10.3 Å². The lowest BCUT2D eigenvalue weighted by Crippen LogP contribution is -2.32. The van der Waals surface area contributed by atoms with Gasteiger partial charge < -0.3 is 15.8 Å². The molecule has 0 saturated carbocycles. The Kier molecular flexibility index (Phi) is 5.44. The Morgan fingerprint density at radius 2 is 2.00 bits per heavy atom. The van der Waals surface area contributed by atoms with Gasteiger partial charge >= 0.3 is 11.8 Å². The van der Waals surface area contributed by atoms with Crippen molar-refractivity contribution in [2.75, 3.05) is 5.73 Å². The fourth-order valence-electron chi connectivity index (χ4n) is 2.53. The van der Waals surface area contributed by atoms with E-state index in [0.717, 1.165) is 11.1 Å². The van der Waals surface area contributed by atoms with Crippen molar-refractivity contribution in [3.8, 4) is 11.1 Å². The summed E-state index contributed by atoms with van der Waals surface area (Å²) in [5.41, 5.74) is 7.53. The van der Waals surface area contributed by atoms with Gasteiger partial charge in [0.2, 0.25) is 5.82 Å². The van der Waals surface area contributed by atoms with E-state index in [1.165, 1.54) is 6.20 Å². The first-order valence-corrected chi connectivity index (χ1v) is 8.04. The van der Waals surface area contributed by atoms with Crippen LogP contribution < -0.4 is 11.1 Å². The molecule has 0 aliphatic rings. The number of nitrogens with two attached hydrogens (primary N) is 1. The zero-order chi connectivity index (χ0) is 19.5. The standard InChI is InChI=1S/C18H22N4O4/c1-11-12(10-21-17(23)26-18(2,3)4)6-5-7-13(11)14-8-9-20-16(19)15(14)22(24)25/h5-9H,10H2,1-4H3,(H2,19,20)(H,21,23). The van der Waals surface area contributed by atoms with E-state index in [0.29, 0.717) is 11.1 Å². The van der Waals surface area contributed by atoms with Crippen molar-refractivity contribution < 1.29 is 14.5 Å². The first-order valence-electron chi connectivity index (χ1n) is 8.04. The molecule has 26 heavy (non-hydrogen) atoms. The average Bonchev–Trinajstić information content (AvgIpc) is 2.51. The fraction of sp³-hybridized carbons (Fsp3) is 0.333. The van der Waals surface area contributed by atoms with Crippen LogP contribution in [0.15, 0.2) is 30.5 Å². The number of carbonyl (C=O) groups is 1. The number of ether oxygens (including phenoxy) is 1. The number of nitrogens with one attached hydrogen (secondary N) is 1. The van der Waals surface area contributed by atoms with Crippen LogP contribution in [0.1, 0.15) is 31.9 Å². The second-order valence-corrected chi connectivity index (χ2v) is 6.79. The molecule has 0 unspecified atom stereocenters. The van der Waals surface area contributed by atoms with Gasteiger partial charge in [-0.25, -0.2) is 9.78 Å². The number of benzene rings is 1. The second kappa shape index (κ2) is 7.38. The Balaban J connectivity index is 2.32. The van der Waals surface area contributed by atoms with Gasteiger partial charge in [0.15, 0.2) is 0 Å². The quantitative estimate of drug-likeness (QED) is 0.636. The summed E-state index contributed by atoms with van der Waals surface area (Å²) in [5.74, 6) is -0.135. The molecular weight excluding hydrogens is 336 g/mol. The molecule has 2 rings (SSSR count). The molecule has 2 aromatic rings. The third-order valence-electron chi connectivity index (χ3n) is 3.69. The van der Waals surface area contributed by atoms with Crippen LogP contribution in [0, 0.1) is 17.0 Å². The minimum absolute atomic E-state index is 0.135. The lowest BCUT2D eigenvalue weighted by atomic mass is 9.96. The molecule has 1 heterocycles. The topological polar surface area (TPSA) is 120 Å². The van der Waals surface area contributed by atoms with Gasteiger partial charge in [-0.15, -0.1) is 0 Å². The van der Waals surface area contributed by atoms with Crippen LogP contribution in [0.5, 0.6) is 0 Å². The Morgan fingerprint density at radius 3 is 2.62 bits per heavy atom. The number of nitrogen functional groups attached to an aromatic ring is 1. The van der Waals surface area contributed by atoms with Gasteiger partial charge in [-0.3, -0.25) is 10.1 Å². The first-order chi connectivity index (χ1) is 12.1. The smallest absolute Gasteiger partial charge is 0.407 e. The number of amides is 1. The summed E-state index contributed by atoms with van der Waals surface area (Å²) < 4.78 is 5.22. The van der Waals surface area contributed by atoms with Crippen molar-refractivity contribution in [3.05, 3.63) is 51.7 Å². The number of pyridine rings is 1. The number of aromatic nitrogens is 1. The van der Waals surface area contributed by atoms with E-state index in [1.807, 2.05) is 13.0 Å². The van der Waals surface area contributed by atoms with Crippen LogP contribution in [0.3, 0.4) is 0 Å². The maximum atomic E-state index is 11.8. The summed E-state index contributed by atoms with van der Waals surface area (Å²) in [6.07, 6.45) is 0.907. The van der Waals surface area contributed by atoms with E-state index in [1.54, 1.807) is 39.0 Å². The van der Waals surface area contributed by atoms with Crippen LogP contribution in [0.4, 0.5) is 16.3 Å². The van der Waals surface area contributed by atoms with E-state index in [9.17, 15) is 14.9 Å². The summed E-state index contributed by atoms with van der Waals surface area (Å²) in [6.45, 7) is 7.42. The number of carbonyl (C=O) groups excluding carboxylic acids is 1. The van der Waals surface area contributed by atoms with Crippen molar-refractivity contribution in [3.63, 3.8) is 0 Å². The Bertz CT molecular complexity index is 844. The van der Waals surface area contributed by atoms with E-state index in [-0.39, 0.29) is 18.1 Å². The molecule has 138 valence electrons. The molecule has 8 heteroatoms. The normalized spacial score (nSPS) is 11.1. The average molecular weight is 358 g/mol. The lowest BCUT2D eigenvalue weighted by Gasteiger charge is -2.20. The van der Waals surface area contributed by atoms with Crippen LogP contribution >= 0.6 is 0 Å². The molecule has 0 bridgehead atoms. The Morgan fingerprint density at radius 1 is 1.31 bits per heavy atom. The molecule has 0 fully saturated rings. The number of nitro groups is 1. The maximum Gasteiger partial charge on any atom is 0.407 e. The molecule has 0 atom stereocenters. The molecule has 1 aromatic carbocycles.